The Balaban J connectivity index is 1.83. The molecule has 0 saturated carbocycles. The van der Waals surface area contributed by atoms with Gasteiger partial charge < -0.3 is 10.1 Å². The molecule has 1 heterocycles. The second kappa shape index (κ2) is 5.74. The van der Waals surface area contributed by atoms with Crippen molar-refractivity contribution >= 4 is 17.5 Å². The van der Waals surface area contributed by atoms with E-state index >= 15 is 0 Å². The molecule has 5 heteroatoms. The third-order valence-electron chi connectivity index (χ3n) is 3.44. The average Bonchev–Trinajstić information content (AvgIpc) is 2.47. The van der Waals surface area contributed by atoms with E-state index in [2.05, 4.69) is 5.32 Å². The van der Waals surface area contributed by atoms with Gasteiger partial charge in [0.15, 0.2) is 0 Å². The van der Waals surface area contributed by atoms with Gasteiger partial charge in [0.2, 0.25) is 0 Å². The highest BCUT2D eigenvalue weighted by Gasteiger charge is 2.23. The first-order valence-corrected chi connectivity index (χ1v) is 7.00. The van der Waals surface area contributed by atoms with Gasteiger partial charge in [0.05, 0.1) is 23.2 Å². The minimum absolute atomic E-state index is 0.104. The number of carbonyl (C=O) groups is 1. The van der Waals surface area contributed by atoms with Crippen LogP contribution in [0.3, 0.4) is 0 Å². The lowest BCUT2D eigenvalue weighted by Crippen LogP contribution is -2.32. The van der Waals surface area contributed by atoms with Crippen LogP contribution in [0.4, 0.5) is 4.39 Å². The molecule has 0 radical (unpaired) electrons. The Morgan fingerprint density at radius 1 is 1.29 bits per heavy atom. The van der Waals surface area contributed by atoms with Gasteiger partial charge in [-0.15, -0.1) is 0 Å². The molecule has 3 nitrogen and oxygen atoms in total. The lowest BCUT2D eigenvalue weighted by atomic mass is 10.00. The molecule has 0 aliphatic carbocycles. The van der Waals surface area contributed by atoms with Crippen molar-refractivity contribution in [3.8, 4) is 5.75 Å². The highest BCUT2D eigenvalue weighted by Crippen LogP contribution is 2.32. The van der Waals surface area contributed by atoms with E-state index in [1.54, 1.807) is 0 Å². The molecule has 2 aromatic rings. The van der Waals surface area contributed by atoms with Crippen LogP contribution in [0.2, 0.25) is 5.02 Å². The second-order valence-electron chi connectivity index (χ2n) is 4.83. The van der Waals surface area contributed by atoms with E-state index in [0.717, 1.165) is 17.4 Å². The van der Waals surface area contributed by atoms with Gasteiger partial charge in [-0.25, -0.2) is 4.39 Å². The Labute approximate surface area is 126 Å². The number of ether oxygens (including phenoxy) is 1. The first kappa shape index (κ1) is 13.9. The number of para-hydroxylation sites is 1. The van der Waals surface area contributed by atoms with Crippen molar-refractivity contribution in [1.82, 2.24) is 5.32 Å². The van der Waals surface area contributed by atoms with Crippen molar-refractivity contribution < 1.29 is 13.9 Å². The Morgan fingerprint density at radius 2 is 2.10 bits per heavy atom. The highest BCUT2D eigenvalue weighted by atomic mass is 35.5. The van der Waals surface area contributed by atoms with E-state index in [0.29, 0.717) is 13.0 Å². The van der Waals surface area contributed by atoms with Crippen molar-refractivity contribution in [3.05, 3.63) is 64.4 Å². The fourth-order valence-electron chi connectivity index (χ4n) is 2.40. The van der Waals surface area contributed by atoms with E-state index in [-0.39, 0.29) is 22.5 Å². The first-order chi connectivity index (χ1) is 10.1. The first-order valence-electron chi connectivity index (χ1n) is 6.63. The van der Waals surface area contributed by atoms with Crippen molar-refractivity contribution in [2.75, 3.05) is 6.61 Å². The standard InChI is InChI=1S/C16H13ClFNO2/c17-13-9-10(18)5-6-11(13)16(20)19-14-7-8-21-15-4-2-1-3-12(14)15/h1-6,9,14H,7-8H2,(H,19,20)/t14-/m1/s1. The molecule has 0 bridgehead atoms. The van der Waals surface area contributed by atoms with Gasteiger partial charge in [-0.1, -0.05) is 29.8 Å². The summed E-state index contributed by atoms with van der Waals surface area (Å²) in [6.45, 7) is 0.541. The van der Waals surface area contributed by atoms with E-state index < -0.39 is 5.82 Å². The van der Waals surface area contributed by atoms with Gasteiger partial charge in [-0.3, -0.25) is 4.79 Å². The summed E-state index contributed by atoms with van der Waals surface area (Å²) in [7, 11) is 0. The summed E-state index contributed by atoms with van der Waals surface area (Å²) in [5.41, 5.74) is 1.21. The van der Waals surface area contributed by atoms with Crippen LogP contribution in [0.25, 0.3) is 0 Å². The van der Waals surface area contributed by atoms with E-state index in [4.69, 9.17) is 16.3 Å². The molecular weight excluding hydrogens is 293 g/mol. The molecule has 108 valence electrons. The topological polar surface area (TPSA) is 38.3 Å². The normalized spacial score (nSPS) is 16.8. The summed E-state index contributed by atoms with van der Waals surface area (Å²) in [5.74, 6) is -0.00563. The maximum Gasteiger partial charge on any atom is 0.253 e. The third kappa shape index (κ3) is 2.85. The maximum absolute atomic E-state index is 13.0. The fourth-order valence-corrected chi connectivity index (χ4v) is 2.65. The van der Waals surface area contributed by atoms with E-state index in [1.165, 1.54) is 12.1 Å². The van der Waals surface area contributed by atoms with Crippen molar-refractivity contribution in [3.63, 3.8) is 0 Å². The van der Waals surface area contributed by atoms with Gasteiger partial charge in [0.1, 0.15) is 11.6 Å². The molecule has 2 aromatic carbocycles. The lowest BCUT2D eigenvalue weighted by molar-refractivity contribution is 0.0925. The summed E-state index contributed by atoms with van der Waals surface area (Å²) in [5, 5.41) is 3.03. The van der Waals surface area contributed by atoms with Crippen LogP contribution in [0.15, 0.2) is 42.5 Å². The minimum Gasteiger partial charge on any atom is -0.493 e. The largest absolute Gasteiger partial charge is 0.493 e. The molecule has 1 aliphatic heterocycles. The molecule has 0 fully saturated rings. The number of fused-ring (bicyclic) bond motifs is 1. The molecular formula is C16H13ClFNO2. The Hall–Kier alpha value is -2.07. The Bertz CT molecular complexity index is 690. The number of carbonyl (C=O) groups excluding carboxylic acids is 1. The molecule has 1 amide bonds. The lowest BCUT2D eigenvalue weighted by Gasteiger charge is -2.26. The number of halogens is 2. The van der Waals surface area contributed by atoms with Crippen LogP contribution >= 0.6 is 11.6 Å². The summed E-state index contributed by atoms with van der Waals surface area (Å²) in [6.07, 6.45) is 0.682. The molecule has 0 aromatic heterocycles. The zero-order valence-electron chi connectivity index (χ0n) is 11.1. The van der Waals surface area contributed by atoms with Crippen LogP contribution < -0.4 is 10.1 Å². The van der Waals surface area contributed by atoms with E-state index in [1.807, 2.05) is 24.3 Å². The van der Waals surface area contributed by atoms with Crippen LogP contribution in [0, 0.1) is 5.82 Å². The van der Waals surface area contributed by atoms with Crippen molar-refractivity contribution in [2.45, 2.75) is 12.5 Å². The monoisotopic (exact) mass is 305 g/mol. The molecule has 3 rings (SSSR count). The SMILES string of the molecule is O=C(N[C@@H]1CCOc2ccccc21)c1ccc(F)cc1Cl. The third-order valence-corrected chi connectivity index (χ3v) is 3.75. The predicted molar refractivity (Wildman–Crippen MR) is 78.2 cm³/mol. The summed E-state index contributed by atoms with van der Waals surface area (Å²) in [6, 6.07) is 11.2. The number of hydrogen-bond donors (Lipinski definition) is 1. The van der Waals surface area contributed by atoms with Crippen molar-refractivity contribution in [1.29, 1.82) is 0 Å². The zero-order chi connectivity index (χ0) is 14.8. The quantitative estimate of drug-likeness (QED) is 0.918. The number of amides is 1. The minimum atomic E-state index is -0.465. The second-order valence-corrected chi connectivity index (χ2v) is 5.23. The van der Waals surface area contributed by atoms with Gasteiger partial charge in [-0.2, -0.15) is 0 Å². The number of rotatable bonds is 2. The van der Waals surface area contributed by atoms with Gasteiger partial charge >= 0.3 is 0 Å². The number of benzene rings is 2. The average molecular weight is 306 g/mol. The summed E-state index contributed by atoms with van der Waals surface area (Å²) in [4.78, 5) is 12.3. The van der Waals surface area contributed by atoms with E-state index in [9.17, 15) is 9.18 Å². The van der Waals surface area contributed by atoms with Crippen LogP contribution in [-0.4, -0.2) is 12.5 Å². The molecule has 0 spiro atoms. The van der Waals surface area contributed by atoms with Crippen LogP contribution in [-0.2, 0) is 0 Å². The number of hydrogen-bond acceptors (Lipinski definition) is 2. The Kier molecular flexibility index (Phi) is 3.80. The highest BCUT2D eigenvalue weighted by molar-refractivity contribution is 6.33. The van der Waals surface area contributed by atoms with Crippen LogP contribution in [0.1, 0.15) is 28.4 Å². The Morgan fingerprint density at radius 3 is 2.90 bits per heavy atom. The van der Waals surface area contributed by atoms with Crippen molar-refractivity contribution in [2.24, 2.45) is 0 Å². The van der Waals surface area contributed by atoms with Crippen LogP contribution in [0.5, 0.6) is 5.75 Å². The van der Waals surface area contributed by atoms with Gasteiger partial charge in [0.25, 0.3) is 5.91 Å². The summed E-state index contributed by atoms with van der Waals surface area (Å²) >= 11 is 5.92. The number of nitrogens with one attached hydrogen (secondary N) is 1. The van der Waals surface area contributed by atoms with Gasteiger partial charge in [0, 0.05) is 12.0 Å². The predicted octanol–water partition coefficient (Wildman–Crippen LogP) is 3.73. The maximum atomic E-state index is 13.0. The molecule has 1 N–H and O–H groups in total. The zero-order valence-corrected chi connectivity index (χ0v) is 11.9. The molecule has 0 saturated heterocycles. The molecule has 21 heavy (non-hydrogen) atoms. The van der Waals surface area contributed by atoms with Gasteiger partial charge in [-0.05, 0) is 24.3 Å². The molecule has 0 unspecified atom stereocenters. The fraction of sp³-hybridized carbons (Fsp3) is 0.188. The molecule has 1 atom stereocenters. The smallest absolute Gasteiger partial charge is 0.253 e. The molecule has 1 aliphatic rings. The summed E-state index contributed by atoms with van der Waals surface area (Å²) < 4.78 is 18.6.